The van der Waals surface area contributed by atoms with E-state index in [0.717, 1.165) is 12.1 Å². The van der Waals surface area contributed by atoms with E-state index in [0.29, 0.717) is 12.3 Å². The number of nitro groups is 1. The van der Waals surface area contributed by atoms with Crippen molar-refractivity contribution in [3.8, 4) is 5.75 Å². The highest BCUT2D eigenvalue weighted by Crippen LogP contribution is 2.35. The molecule has 3 rings (SSSR count). The van der Waals surface area contributed by atoms with Crippen molar-refractivity contribution in [3.05, 3.63) is 63.7 Å². The van der Waals surface area contributed by atoms with Crippen molar-refractivity contribution >= 4 is 23.2 Å². The first-order valence-electron chi connectivity index (χ1n) is 9.04. The van der Waals surface area contributed by atoms with Crippen LogP contribution in [0.1, 0.15) is 11.1 Å². The van der Waals surface area contributed by atoms with Crippen molar-refractivity contribution in [1.29, 1.82) is 0 Å². The van der Waals surface area contributed by atoms with Gasteiger partial charge in [-0.25, -0.2) is 0 Å². The highest BCUT2D eigenvalue weighted by molar-refractivity contribution is 6.02. The molecule has 0 saturated heterocycles. The van der Waals surface area contributed by atoms with Gasteiger partial charge in [0.05, 0.1) is 10.6 Å². The van der Waals surface area contributed by atoms with Crippen molar-refractivity contribution in [2.45, 2.75) is 13.1 Å². The van der Waals surface area contributed by atoms with Gasteiger partial charge in [0.15, 0.2) is 6.61 Å². The first kappa shape index (κ1) is 20.3. The zero-order chi connectivity index (χ0) is 21.0. The molecule has 1 aliphatic heterocycles. The van der Waals surface area contributed by atoms with Gasteiger partial charge in [-0.05, 0) is 31.3 Å². The number of hydrogen-bond acceptors (Lipinski definition) is 6. The monoisotopic (exact) mass is 398 g/mol. The van der Waals surface area contributed by atoms with Crippen molar-refractivity contribution in [2.24, 2.45) is 0 Å². The van der Waals surface area contributed by atoms with E-state index in [2.05, 4.69) is 10.2 Å². The second-order valence-electron chi connectivity index (χ2n) is 7.01. The summed E-state index contributed by atoms with van der Waals surface area (Å²) >= 11 is 0. The Labute approximate surface area is 168 Å². The number of carbonyl (C=O) groups is 2. The standard InChI is InChI=1S/C20H22N4O5/c1-22(2)11-15-5-3-14(4-6-15)10-21-19(25)12-23-17-9-16(24(27)28)7-8-18(17)29-13-20(23)26/h3-9H,10-13H2,1-2H3,(H,21,25). The van der Waals surface area contributed by atoms with Gasteiger partial charge in [-0.15, -0.1) is 0 Å². The Morgan fingerprint density at radius 3 is 2.55 bits per heavy atom. The Kier molecular flexibility index (Phi) is 6.08. The summed E-state index contributed by atoms with van der Waals surface area (Å²) in [6, 6.07) is 11.9. The number of rotatable bonds is 7. The van der Waals surface area contributed by atoms with Crippen LogP contribution in [0.4, 0.5) is 11.4 Å². The highest BCUT2D eigenvalue weighted by Gasteiger charge is 2.29. The highest BCUT2D eigenvalue weighted by atomic mass is 16.6. The molecule has 0 radical (unpaired) electrons. The number of hydrogen-bond donors (Lipinski definition) is 1. The molecule has 0 atom stereocenters. The predicted octanol–water partition coefficient (Wildman–Crippen LogP) is 1.70. The van der Waals surface area contributed by atoms with Crippen molar-refractivity contribution in [1.82, 2.24) is 10.2 Å². The van der Waals surface area contributed by atoms with Gasteiger partial charge in [-0.1, -0.05) is 24.3 Å². The van der Waals surface area contributed by atoms with Gasteiger partial charge in [0.25, 0.3) is 11.6 Å². The van der Waals surface area contributed by atoms with Gasteiger partial charge in [0.2, 0.25) is 5.91 Å². The van der Waals surface area contributed by atoms with Crippen LogP contribution in [0.5, 0.6) is 5.75 Å². The fourth-order valence-electron chi connectivity index (χ4n) is 3.01. The maximum Gasteiger partial charge on any atom is 0.271 e. The molecule has 0 aromatic heterocycles. The van der Waals surface area contributed by atoms with Gasteiger partial charge in [-0.3, -0.25) is 24.6 Å². The van der Waals surface area contributed by atoms with Crippen LogP contribution in [0.15, 0.2) is 42.5 Å². The molecule has 0 fully saturated rings. The van der Waals surface area contributed by atoms with Crippen LogP contribution in [0.3, 0.4) is 0 Å². The minimum absolute atomic E-state index is 0.176. The van der Waals surface area contributed by atoms with Gasteiger partial charge >= 0.3 is 0 Å². The Morgan fingerprint density at radius 2 is 1.90 bits per heavy atom. The normalized spacial score (nSPS) is 13.1. The van der Waals surface area contributed by atoms with Crippen molar-refractivity contribution < 1.29 is 19.2 Å². The van der Waals surface area contributed by atoms with E-state index in [-0.39, 0.29) is 30.4 Å². The van der Waals surface area contributed by atoms with E-state index in [1.807, 2.05) is 38.4 Å². The van der Waals surface area contributed by atoms with Crippen molar-refractivity contribution in [2.75, 3.05) is 32.1 Å². The van der Waals surface area contributed by atoms with Crippen LogP contribution in [0.2, 0.25) is 0 Å². The molecule has 0 bridgehead atoms. The van der Waals surface area contributed by atoms with Crippen LogP contribution >= 0.6 is 0 Å². The van der Waals surface area contributed by atoms with E-state index in [4.69, 9.17) is 4.74 Å². The minimum Gasteiger partial charge on any atom is -0.482 e. The molecule has 9 nitrogen and oxygen atoms in total. The molecule has 152 valence electrons. The van der Waals surface area contributed by atoms with Gasteiger partial charge < -0.3 is 15.0 Å². The smallest absolute Gasteiger partial charge is 0.271 e. The lowest BCUT2D eigenvalue weighted by atomic mass is 10.1. The Hall–Kier alpha value is -3.46. The van der Waals surface area contributed by atoms with Crippen molar-refractivity contribution in [3.63, 3.8) is 0 Å². The number of ether oxygens (including phenoxy) is 1. The molecule has 2 aromatic rings. The number of fused-ring (bicyclic) bond motifs is 1. The molecule has 0 aliphatic carbocycles. The number of amides is 2. The number of benzene rings is 2. The van der Waals surface area contributed by atoms with E-state index in [1.165, 1.54) is 28.7 Å². The average Bonchev–Trinajstić information content (AvgIpc) is 2.68. The van der Waals surface area contributed by atoms with E-state index >= 15 is 0 Å². The third-order valence-electron chi connectivity index (χ3n) is 4.41. The van der Waals surface area contributed by atoms with Crippen LogP contribution in [0, 0.1) is 10.1 Å². The van der Waals surface area contributed by atoms with E-state index in [9.17, 15) is 19.7 Å². The number of non-ortho nitro benzene ring substituents is 1. The third-order valence-corrected chi connectivity index (χ3v) is 4.41. The molecule has 0 unspecified atom stereocenters. The lowest BCUT2D eigenvalue weighted by Crippen LogP contribution is -2.45. The Balaban J connectivity index is 1.64. The molecule has 0 saturated carbocycles. The molecule has 2 aromatic carbocycles. The average molecular weight is 398 g/mol. The molecule has 1 N–H and O–H groups in total. The lowest BCUT2D eigenvalue weighted by Gasteiger charge is -2.28. The summed E-state index contributed by atoms with van der Waals surface area (Å²) in [4.78, 5) is 38.3. The largest absolute Gasteiger partial charge is 0.482 e. The summed E-state index contributed by atoms with van der Waals surface area (Å²) in [6.45, 7) is 0.694. The Bertz CT molecular complexity index is 927. The van der Waals surface area contributed by atoms with Crippen LogP contribution in [0.25, 0.3) is 0 Å². The molecular weight excluding hydrogens is 376 g/mol. The zero-order valence-corrected chi connectivity index (χ0v) is 16.3. The number of nitrogens with one attached hydrogen (secondary N) is 1. The summed E-state index contributed by atoms with van der Waals surface area (Å²) in [5.41, 5.74) is 2.15. The Morgan fingerprint density at radius 1 is 1.21 bits per heavy atom. The summed E-state index contributed by atoms with van der Waals surface area (Å²) in [5, 5.41) is 13.8. The van der Waals surface area contributed by atoms with Crippen LogP contribution < -0.4 is 15.0 Å². The molecular formula is C20H22N4O5. The van der Waals surface area contributed by atoms with E-state index in [1.54, 1.807) is 0 Å². The molecule has 9 heteroatoms. The summed E-state index contributed by atoms with van der Waals surface area (Å²) < 4.78 is 5.30. The topological polar surface area (TPSA) is 105 Å². The fourth-order valence-corrected chi connectivity index (χ4v) is 3.01. The third kappa shape index (κ3) is 5.08. The summed E-state index contributed by atoms with van der Waals surface area (Å²) in [5.74, 6) is -0.462. The van der Waals surface area contributed by atoms with Crippen LogP contribution in [-0.4, -0.2) is 48.9 Å². The molecule has 0 spiro atoms. The maximum atomic E-state index is 12.4. The van der Waals surface area contributed by atoms with Gasteiger partial charge in [0, 0.05) is 25.2 Å². The first-order chi connectivity index (χ1) is 13.8. The number of anilines is 1. The summed E-state index contributed by atoms with van der Waals surface area (Å²) in [6.07, 6.45) is 0. The number of nitro benzene ring substituents is 1. The van der Waals surface area contributed by atoms with Gasteiger partial charge in [0.1, 0.15) is 12.3 Å². The van der Waals surface area contributed by atoms with E-state index < -0.39 is 10.8 Å². The van der Waals surface area contributed by atoms with Gasteiger partial charge in [-0.2, -0.15) is 0 Å². The van der Waals surface area contributed by atoms with Crippen LogP contribution in [-0.2, 0) is 22.7 Å². The molecule has 29 heavy (non-hydrogen) atoms. The quantitative estimate of drug-likeness (QED) is 0.562. The SMILES string of the molecule is CN(C)Cc1ccc(CNC(=O)CN2C(=O)COc3ccc([N+](=O)[O-])cc32)cc1. The summed E-state index contributed by atoms with van der Waals surface area (Å²) in [7, 11) is 3.99. The lowest BCUT2D eigenvalue weighted by molar-refractivity contribution is -0.384. The first-order valence-corrected chi connectivity index (χ1v) is 9.04. The predicted molar refractivity (Wildman–Crippen MR) is 107 cm³/mol. The molecule has 1 heterocycles. The second-order valence-corrected chi connectivity index (χ2v) is 7.01. The number of carbonyl (C=O) groups excluding carboxylic acids is 2. The number of nitrogens with zero attached hydrogens (tertiary/aromatic N) is 3. The maximum absolute atomic E-state index is 12.4. The fraction of sp³-hybridized carbons (Fsp3) is 0.300. The molecule has 2 amide bonds. The molecule has 1 aliphatic rings. The zero-order valence-electron chi connectivity index (χ0n) is 16.3. The minimum atomic E-state index is -0.558. The second kappa shape index (κ2) is 8.70.